The summed E-state index contributed by atoms with van der Waals surface area (Å²) < 4.78 is 5.45. The topological polar surface area (TPSA) is 47.3 Å². The van der Waals surface area contributed by atoms with Crippen molar-refractivity contribution in [2.24, 2.45) is 5.73 Å². The second-order valence-corrected chi connectivity index (χ2v) is 5.96. The third-order valence-electron chi connectivity index (χ3n) is 3.21. The van der Waals surface area contributed by atoms with Crippen molar-refractivity contribution in [3.8, 4) is 5.75 Å². The van der Waals surface area contributed by atoms with Crippen LogP contribution in [0.25, 0.3) is 0 Å². The van der Waals surface area contributed by atoms with E-state index in [2.05, 4.69) is 44.3 Å². The summed E-state index contributed by atoms with van der Waals surface area (Å²) in [6.45, 7) is 9.33. The van der Waals surface area contributed by atoms with E-state index in [9.17, 15) is 0 Å². The molecule has 0 heterocycles. The fraction of sp³-hybridized carbons (Fsp3) is 0.625. The Morgan fingerprint density at radius 2 is 1.95 bits per heavy atom. The Morgan fingerprint density at radius 3 is 2.53 bits per heavy atom. The minimum absolute atomic E-state index is 0.0981. The lowest BCUT2D eigenvalue weighted by molar-refractivity contribution is 0.397. The molecule has 0 aliphatic rings. The van der Waals surface area contributed by atoms with Gasteiger partial charge in [0, 0.05) is 6.54 Å². The summed E-state index contributed by atoms with van der Waals surface area (Å²) in [5.41, 5.74) is 8.14. The largest absolute Gasteiger partial charge is 0.496 e. The monoisotopic (exact) mass is 264 g/mol. The summed E-state index contributed by atoms with van der Waals surface area (Å²) in [5.74, 6) is 0.972. The van der Waals surface area contributed by atoms with Crippen molar-refractivity contribution in [2.75, 3.05) is 20.2 Å². The molecule has 19 heavy (non-hydrogen) atoms. The number of ether oxygens (including phenoxy) is 1. The standard InChI is InChI=1S/C16H28N2O/c1-16(2,3)14-11-13(7-8-15(14)19-4)12-18-10-6-5-9-17/h7-8,11,18H,5-6,9-10,12,17H2,1-4H3. The van der Waals surface area contributed by atoms with Gasteiger partial charge in [-0.3, -0.25) is 0 Å². The van der Waals surface area contributed by atoms with Crippen molar-refractivity contribution in [3.05, 3.63) is 29.3 Å². The van der Waals surface area contributed by atoms with E-state index in [4.69, 9.17) is 10.5 Å². The zero-order valence-electron chi connectivity index (χ0n) is 12.8. The second-order valence-electron chi connectivity index (χ2n) is 5.96. The minimum atomic E-state index is 0.0981. The molecule has 0 saturated heterocycles. The molecule has 108 valence electrons. The third kappa shape index (κ3) is 5.21. The molecule has 0 fully saturated rings. The van der Waals surface area contributed by atoms with E-state index in [0.29, 0.717) is 0 Å². The van der Waals surface area contributed by atoms with Crippen molar-refractivity contribution in [3.63, 3.8) is 0 Å². The molecule has 0 saturated carbocycles. The summed E-state index contributed by atoms with van der Waals surface area (Å²) in [6.07, 6.45) is 2.22. The number of nitrogens with one attached hydrogen (secondary N) is 1. The van der Waals surface area contributed by atoms with E-state index in [1.165, 1.54) is 11.1 Å². The lowest BCUT2D eigenvalue weighted by Gasteiger charge is -2.23. The molecule has 1 aromatic rings. The number of benzene rings is 1. The molecular weight excluding hydrogens is 236 g/mol. The first-order chi connectivity index (χ1) is 8.99. The van der Waals surface area contributed by atoms with Gasteiger partial charge in [-0.1, -0.05) is 32.9 Å². The Bertz CT molecular complexity index is 383. The highest BCUT2D eigenvalue weighted by Crippen LogP contribution is 2.31. The van der Waals surface area contributed by atoms with Gasteiger partial charge in [0.25, 0.3) is 0 Å². The van der Waals surface area contributed by atoms with Crippen molar-refractivity contribution >= 4 is 0 Å². The average Bonchev–Trinajstić information content (AvgIpc) is 2.37. The van der Waals surface area contributed by atoms with Gasteiger partial charge in [-0.15, -0.1) is 0 Å². The number of rotatable bonds is 7. The lowest BCUT2D eigenvalue weighted by Crippen LogP contribution is -2.17. The van der Waals surface area contributed by atoms with Crippen LogP contribution in [-0.2, 0) is 12.0 Å². The third-order valence-corrected chi connectivity index (χ3v) is 3.21. The molecule has 0 aliphatic carbocycles. The van der Waals surface area contributed by atoms with E-state index in [1.54, 1.807) is 7.11 Å². The second kappa shape index (κ2) is 7.51. The predicted octanol–water partition coefficient (Wildman–Crippen LogP) is 2.82. The Hall–Kier alpha value is -1.06. The average molecular weight is 264 g/mol. The number of nitrogens with two attached hydrogens (primary N) is 1. The first-order valence-electron chi connectivity index (χ1n) is 7.07. The Labute approximate surface area is 117 Å². The molecular formula is C16H28N2O. The summed E-state index contributed by atoms with van der Waals surface area (Å²) in [5, 5.41) is 3.46. The highest BCUT2D eigenvalue weighted by atomic mass is 16.5. The summed E-state index contributed by atoms with van der Waals surface area (Å²) >= 11 is 0. The highest BCUT2D eigenvalue weighted by Gasteiger charge is 2.18. The van der Waals surface area contributed by atoms with Gasteiger partial charge in [-0.2, -0.15) is 0 Å². The van der Waals surface area contributed by atoms with Crippen LogP contribution in [0.15, 0.2) is 18.2 Å². The SMILES string of the molecule is COc1ccc(CNCCCCN)cc1C(C)(C)C. The van der Waals surface area contributed by atoms with Crippen LogP contribution in [0.2, 0.25) is 0 Å². The molecule has 3 N–H and O–H groups in total. The van der Waals surface area contributed by atoms with Crippen LogP contribution < -0.4 is 15.8 Å². The van der Waals surface area contributed by atoms with E-state index >= 15 is 0 Å². The summed E-state index contributed by atoms with van der Waals surface area (Å²) in [7, 11) is 1.73. The molecule has 0 aromatic heterocycles. The van der Waals surface area contributed by atoms with E-state index in [1.807, 2.05) is 0 Å². The van der Waals surface area contributed by atoms with Gasteiger partial charge in [0.15, 0.2) is 0 Å². The van der Waals surface area contributed by atoms with E-state index in [0.717, 1.165) is 38.2 Å². The van der Waals surface area contributed by atoms with Crippen LogP contribution in [0.5, 0.6) is 5.75 Å². The van der Waals surface area contributed by atoms with Crippen LogP contribution in [0.4, 0.5) is 0 Å². The first kappa shape index (κ1) is 16.0. The zero-order chi connectivity index (χ0) is 14.3. The van der Waals surface area contributed by atoms with Crippen molar-refractivity contribution < 1.29 is 4.74 Å². The Kier molecular flexibility index (Phi) is 6.32. The van der Waals surface area contributed by atoms with Gasteiger partial charge in [0.05, 0.1) is 7.11 Å². The number of hydrogen-bond acceptors (Lipinski definition) is 3. The normalized spacial score (nSPS) is 11.6. The Balaban J connectivity index is 2.65. The van der Waals surface area contributed by atoms with Gasteiger partial charge in [0.2, 0.25) is 0 Å². The zero-order valence-corrected chi connectivity index (χ0v) is 12.8. The molecule has 0 radical (unpaired) electrons. The predicted molar refractivity (Wildman–Crippen MR) is 81.7 cm³/mol. The summed E-state index contributed by atoms with van der Waals surface area (Å²) in [4.78, 5) is 0. The molecule has 1 aromatic carbocycles. The van der Waals surface area contributed by atoms with Crippen LogP contribution >= 0.6 is 0 Å². The maximum atomic E-state index is 5.48. The number of methoxy groups -OCH3 is 1. The van der Waals surface area contributed by atoms with Crippen molar-refractivity contribution in [1.82, 2.24) is 5.32 Å². The van der Waals surface area contributed by atoms with Gasteiger partial charge < -0.3 is 15.8 Å². The van der Waals surface area contributed by atoms with E-state index in [-0.39, 0.29) is 5.41 Å². The smallest absolute Gasteiger partial charge is 0.122 e. The number of hydrogen-bond donors (Lipinski definition) is 2. The van der Waals surface area contributed by atoms with Crippen LogP contribution in [0.1, 0.15) is 44.7 Å². The maximum Gasteiger partial charge on any atom is 0.122 e. The fourth-order valence-corrected chi connectivity index (χ4v) is 2.08. The molecule has 3 heteroatoms. The molecule has 3 nitrogen and oxygen atoms in total. The Morgan fingerprint density at radius 1 is 1.21 bits per heavy atom. The van der Waals surface area contributed by atoms with Crippen molar-refractivity contribution in [2.45, 2.75) is 45.6 Å². The molecule has 0 amide bonds. The van der Waals surface area contributed by atoms with E-state index < -0.39 is 0 Å². The quantitative estimate of drug-likeness (QED) is 0.744. The summed E-state index contributed by atoms with van der Waals surface area (Å²) in [6, 6.07) is 6.44. The van der Waals surface area contributed by atoms with Crippen LogP contribution in [0, 0.1) is 0 Å². The highest BCUT2D eigenvalue weighted by molar-refractivity contribution is 5.41. The van der Waals surface area contributed by atoms with Crippen LogP contribution in [0.3, 0.4) is 0 Å². The maximum absolute atomic E-state index is 5.48. The van der Waals surface area contributed by atoms with Crippen LogP contribution in [-0.4, -0.2) is 20.2 Å². The van der Waals surface area contributed by atoms with Gasteiger partial charge >= 0.3 is 0 Å². The molecule has 0 aliphatic heterocycles. The number of unbranched alkanes of at least 4 members (excludes halogenated alkanes) is 1. The van der Waals surface area contributed by atoms with Gasteiger partial charge in [-0.25, -0.2) is 0 Å². The minimum Gasteiger partial charge on any atom is -0.496 e. The lowest BCUT2D eigenvalue weighted by atomic mass is 9.85. The van der Waals surface area contributed by atoms with Gasteiger partial charge in [-0.05, 0) is 48.5 Å². The fourth-order valence-electron chi connectivity index (χ4n) is 2.08. The van der Waals surface area contributed by atoms with Crippen molar-refractivity contribution in [1.29, 1.82) is 0 Å². The molecule has 0 spiro atoms. The molecule has 1 rings (SSSR count). The first-order valence-corrected chi connectivity index (χ1v) is 7.07. The molecule has 0 unspecified atom stereocenters. The molecule has 0 bridgehead atoms. The van der Waals surface area contributed by atoms with Gasteiger partial charge in [0.1, 0.15) is 5.75 Å². The molecule has 0 atom stereocenters.